The van der Waals surface area contributed by atoms with Crippen molar-refractivity contribution in [1.82, 2.24) is 9.89 Å². The van der Waals surface area contributed by atoms with Gasteiger partial charge in [0.1, 0.15) is 6.20 Å². The van der Waals surface area contributed by atoms with Gasteiger partial charge in [-0.3, -0.25) is 0 Å². The summed E-state index contributed by atoms with van der Waals surface area (Å²) in [5.74, 6) is 5.07. The third-order valence-corrected chi connectivity index (χ3v) is 0.566. The predicted octanol–water partition coefficient (Wildman–Crippen LogP) is -1.02. The highest BCUT2D eigenvalue weighted by molar-refractivity contribution is 5.28. The van der Waals surface area contributed by atoms with Gasteiger partial charge in [-0.05, 0) is 0 Å². The third-order valence-electron chi connectivity index (χ3n) is 0.566. The number of nitrogens with two attached hydrogens (primary N) is 2. The van der Waals surface area contributed by atoms with Crippen LogP contribution in [0.1, 0.15) is 0 Å². The van der Waals surface area contributed by atoms with E-state index >= 15 is 0 Å². The quantitative estimate of drug-likeness (QED) is 0.407. The molecule has 0 saturated carbocycles. The molecule has 1 heterocycles. The Morgan fingerprint density at radius 1 is 1.86 bits per heavy atom. The summed E-state index contributed by atoms with van der Waals surface area (Å²) in [7, 11) is 0. The maximum absolute atomic E-state index is 5.16. The van der Waals surface area contributed by atoms with Crippen molar-refractivity contribution in [3.63, 3.8) is 0 Å². The Kier molecular flexibility index (Phi) is 0.651. The van der Waals surface area contributed by atoms with Gasteiger partial charge in [0, 0.05) is 0 Å². The Morgan fingerprint density at radius 3 is 2.71 bits per heavy atom. The fourth-order valence-corrected chi connectivity index (χ4v) is 0.316. The van der Waals surface area contributed by atoms with Crippen molar-refractivity contribution < 1.29 is 0 Å². The van der Waals surface area contributed by atoms with Crippen LogP contribution in [0.25, 0.3) is 0 Å². The van der Waals surface area contributed by atoms with E-state index in [0.717, 1.165) is 4.79 Å². The van der Waals surface area contributed by atoms with Gasteiger partial charge in [-0.15, -0.1) is 5.10 Å². The van der Waals surface area contributed by atoms with Gasteiger partial charge in [-0.2, -0.15) is 4.79 Å². The molecule has 4 nitrogen and oxygen atoms in total. The lowest BCUT2D eigenvalue weighted by atomic mass is 10.6. The Bertz CT molecular complexity index is 139. The molecule has 0 unspecified atom stereocenters. The van der Waals surface area contributed by atoms with Gasteiger partial charge < -0.3 is 11.6 Å². The summed E-state index contributed by atoms with van der Waals surface area (Å²) in [6, 6.07) is 0. The number of hydrogen-bond donors (Lipinski definition) is 2. The molecule has 1 aromatic rings. The predicted molar refractivity (Wildman–Crippen MR) is 25.6 cm³/mol. The molecule has 4 heteroatoms. The maximum atomic E-state index is 5.16. The van der Waals surface area contributed by atoms with Crippen LogP contribution in [0.5, 0.6) is 0 Å². The zero-order valence-electron chi connectivity index (χ0n) is 3.63. The molecule has 0 bridgehead atoms. The first-order valence-corrected chi connectivity index (χ1v) is 1.77. The second-order valence-electron chi connectivity index (χ2n) is 1.18. The van der Waals surface area contributed by atoms with E-state index in [1.807, 2.05) is 0 Å². The number of nitrogens with zero attached hydrogens (tertiary/aromatic N) is 2. The summed E-state index contributed by atoms with van der Waals surface area (Å²) in [5, 5.41) is 3.46. The van der Waals surface area contributed by atoms with E-state index in [1.165, 1.54) is 6.20 Å². The summed E-state index contributed by atoms with van der Waals surface area (Å²) in [6.45, 7) is 0. The van der Waals surface area contributed by atoms with Gasteiger partial charge in [0.15, 0.2) is 0 Å². The van der Waals surface area contributed by atoms with Crippen molar-refractivity contribution in [2.75, 3.05) is 11.6 Å². The molecule has 0 aliphatic heterocycles. The van der Waals surface area contributed by atoms with Gasteiger partial charge in [0.2, 0.25) is 0 Å². The van der Waals surface area contributed by atoms with Crippen molar-refractivity contribution in [2.24, 2.45) is 0 Å². The first-order chi connectivity index (χ1) is 3.29. The Hall–Kier alpha value is -1.19. The first-order valence-electron chi connectivity index (χ1n) is 1.77. The third kappa shape index (κ3) is 0.623. The smallest absolute Gasteiger partial charge is 0.140 e. The van der Waals surface area contributed by atoms with Gasteiger partial charge in [0.05, 0.1) is 11.9 Å². The lowest BCUT2D eigenvalue weighted by molar-refractivity contribution is 0.829. The zero-order chi connectivity index (χ0) is 5.28. The molecule has 0 fully saturated rings. The zero-order valence-corrected chi connectivity index (χ0v) is 3.63. The molecule has 0 spiro atoms. The fraction of sp³-hybridized carbons (Fsp3) is 0. The summed E-state index contributed by atoms with van der Waals surface area (Å²) in [4.78, 5) is 1.11. The molecule has 7 heavy (non-hydrogen) atoms. The summed E-state index contributed by atoms with van der Waals surface area (Å²) in [6.07, 6.45) is 3.91. The highest BCUT2D eigenvalue weighted by Gasteiger charge is 1.84. The molecule has 0 aliphatic carbocycles. The van der Waals surface area contributed by atoms with E-state index in [0.29, 0.717) is 5.69 Å². The second-order valence-corrected chi connectivity index (χ2v) is 1.18. The van der Waals surface area contributed by atoms with Crippen LogP contribution in [0.2, 0.25) is 0 Å². The summed E-state index contributed by atoms with van der Waals surface area (Å²) in [5.41, 5.74) is 5.62. The molecule has 0 aromatic carbocycles. The molecular formula is C3H5N4. The fourth-order valence-electron chi connectivity index (χ4n) is 0.316. The van der Waals surface area contributed by atoms with E-state index in [-0.39, 0.29) is 0 Å². The Labute approximate surface area is 40.7 Å². The van der Waals surface area contributed by atoms with Gasteiger partial charge in [-0.1, -0.05) is 0 Å². The lowest BCUT2D eigenvalue weighted by Crippen LogP contribution is -2.07. The van der Waals surface area contributed by atoms with Crippen LogP contribution in [-0.4, -0.2) is 9.89 Å². The van der Waals surface area contributed by atoms with Crippen LogP contribution in [0.4, 0.5) is 5.69 Å². The molecule has 0 saturated heterocycles. The van der Waals surface area contributed by atoms with Crippen LogP contribution < -0.4 is 11.6 Å². The van der Waals surface area contributed by atoms with Crippen molar-refractivity contribution in [2.45, 2.75) is 0 Å². The van der Waals surface area contributed by atoms with Crippen LogP contribution in [0, 0.1) is 6.20 Å². The topological polar surface area (TPSA) is 69.9 Å². The van der Waals surface area contributed by atoms with E-state index < -0.39 is 0 Å². The largest absolute Gasteiger partial charge is 0.396 e. The molecule has 37 valence electrons. The van der Waals surface area contributed by atoms with Crippen molar-refractivity contribution in [1.29, 1.82) is 0 Å². The lowest BCUT2D eigenvalue weighted by Gasteiger charge is -1.79. The maximum Gasteiger partial charge on any atom is 0.140 e. The van der Waals surface area contributed by atoms with Gasteiger partial charge >= 0.3 is 0 Å². The molecule has 0 atom stereocenters. The first kappa shape index (κ1) is 3.98. The number of nitrogen functional groups attached to an aromatic ring is 2. The summed E-state index contributed by atoms with van der Waals surface area (Å²) < 4.78 is 0. The molecule has 1 aromatic heterocycles. The average Bonchev–Trinajstić information content (AvgIpc) is 1.87. The van der Waals surface area contributed by atoms with Crippen LogP contribution in [-0.2, 0) is 0 Å². The van der Waals surface area contributed by atoms with E-state index in [1.54, 1.807) is 0 Å². The number of hydrogen-bond acceptors (Lipinski definition) is 3. The van der Waals surface area contributed by atoms with E-state index in [4.69, 9.17) is 11.6 Å². The minimum atomic E-state index is 0.461. The second kappa shape index (κ2) is 1.14. The number of anilines is 1. The minimum Gasteiger partial charge on any atom is -0.396 e. The minimum absolute atomic E-state index is 0.461. The monoisotopic (exact) mass is 97.1 g/mol. The van der Waals surface area contributed by atoms with Crippen LogP contribution in [0.15, 0.2) is 6.20 Å². The van der Waals surface area contributed by atoms with Crippen molar-refractivity contribution in [3.8, 4) is 0 Å². The Morgan fingerprint density at radius 2 is 2.57 bits per heavy atom. The van der Waals surface area contributed by atoms with Crippen molar-refractivity contribution >= 4 is 5.69 Å². The SMILES string of the molecule is Nc1[c]nn(N)c1. The number of aromatic nitrogens is 2. The van der Waals surface area contributed by atoms with Gasteiger partial charge in [0.25, 0.3) is 0 Å². The van der Waals surface area contributed by atoms with E-state index in [2.05, 4.69) is 11.3 Å². The molecular weight excluding hydrogens is 92.1 g/mol. The summed E-state index contributed by atoms with van der Waals surface area (Å²) >= 11 is 0. The highest BCUT2D eigenvalue weighted by Crippen LogP contribution is 1.90. The van der Waals surface area contributed by atoms with Crippen LogP contribution >= 0.6 is 0 Å². The Balaban J connectivity index is 3.04. The average molecular weight is 97.1 g/mol. The van der Waals surface area contributed by atoms with Crippen LogP contribution in [0.3, 0.4) is 0 Å². The molecule has 0 aliphatic rings. The van der Waals surface area contributed by atoms with Crippen molar-refractivity contribution in [3.05, 3.63) is 12.4 Å². The van der Waals surface area contributed by atoms with E-state index in [9.17, 15) is 0 Å². The molecule has 4 N–H and O–H groups in total. The molecule has 0 amide bonds. The highest BCUT2D eigenvalue weighted by atomic mass is 15.5. The number of rotatable bonds is 0. The standard InChI is InChI=1S/C3H5N4/c4-3-1-6-7(5)2-3/h2H,4-5H2. The van der Waals surface area contributed by atoms with Gasteiger partial charge in [-0.25, -0.2) is 0 Å². The normalized spacial score (nSPS) is 9.14. The molecule has 1 rings (SSSR count). The molecule has 1 radical (unpaired) electrons.